The van der Waals surface area contributed by atoms with Crippen molar-refractivity contribution in [3.8, 4) is 0 Å². The third kappa shape index (κ3) is 3.50. The van der Waals surface area contributed by atoms with E-state index in [4.69, 9.17) is 0 Å². The SMILES string of the molecule is CC1=NN(c2ccc(C(=O)NCC3CCCc4ccccc43)cc2)CC1. The van der Waals surface area contributed by atoms with Crippen LogP contribution in [0.2, 0.25) is 0 Å². The minimum absolute atomic E-state index is 0.000656. The monoisotopic (exact) mass is 347 g/mol. The largest absolute Gasteiger partial charge is 0.351 e. The van der Waals surface area contributed by atoms with E-state index in [2.05, 4.69) is 34.7 Å². The maximum absolute atomic E-state index is 12.5. The fourth-order valence-electron chi connectivity index (χ4n) is 3.93. The maximum Gasteiger partial charge on any atom is 0.251 e. The molecule has 1 amide bonds. The van der Waals surface area contributed by atoms with Crippen molar-refractivity contribution in [1.29, 1.82) is 0 Å². The molecule has 2 aromatic rings. The topological polar surface area (TPSA) is 44.7 Å². The molecule has 0 spiro atoms. The summed E-state index contributed by atoms with van der Waals surface area (Å²) in [5.74, 6) is 0.422. The summed E-state index contributed by atoms with van der Waals surface area (Å²) in [5, 5.41) is 9.62. The van der Waals surface area contributed by atoms with Crippen LogP contribution in [0.5, 0.6) is 0 Å². The van der Waals surface area contributed by atoms with Crippen molar-refractivity contribution in [2.45, 2.75) is 38.5 Å². The Balaban J connectivity index is 1.38. The molecule has 0 fully saturated rings. The molecule has 4 rings (SSSR count). The molecule has 1 atom stereocenters. The predicted molar refractivity (Wildman–Crippen MR) is 106 cm³/mol. The Labute approximate surface area is 154 Å². The lowest BCUT2D eigenvalue weighted by atomic mass is 9.83. The Morgan fingerprint density at radius 1 is 1.15 bits per heavy atom. The summed E-state index contributed by atoms with van der Waals surface area (Å²) in [7, 11) is 0. The van der Waals surface area contributed by atoms with E-state index < -0.39 is 0 Å². The summed E-state index contributed by atoms with van der Waals surface area (Å²) < 4.78 is 0. The summed E-state index contributed by atoms with van der Waals surface area (Å²) in [6, 6.07) is 16.4. The van der Waals surface area contributed by atoms with Crippen molar-refractivity contribution in [2.75, 3.05) is 18.1 Å². The van der Waals surface area contributed by atoms with Crippen molar-refractivity contribution in [3.05, 3.63) is 65.2 Å². The first kappa shape index (κ1) is 16.8. The van der Waals surface area contributed by atoms with Gasteiger partial charge in [0.2, 0.25) is 0 Å². The summed E-state index contributed by atoms with van der Waals surface area (Å²) >= 11 is 0. The predicted octanol–water partition coefficient (Wildman–Crippen LogP) is 4.12. The number of hydrazone groups is 1. The molecule has 0 saturated heterocycles. The van der Waals surface area contributed by atoms with E-state index in [0.29, 0.717) is 18.0 Å². The molecule has 2 aliphatic rings. The van der Waals surface area contributed by atoms with Gasteiger partial charge in [0, 0.05) is 36.7 Å². The van der Waals surface area contributed by atoms with Crippen LogP contribution in [0.3, 0.4) is 0 Å². The second-order valence-corrected chi connectivity index (χ2v) is 7.25. The van der Waals surface area contributed by atoms with Crippen molar-refractivity contribution in [1.82, 2.24) is 5.32 Å². The van der Waals surface area contributed by atoms with E-state index in [1.807, 2.05) is 36.2 Å². The summed E-state index contributed by atoms with van der Waals surface area (Å²) in [6.07, 6.45) is 4.50. The Kier molecular flexibility index (Phi) is 4.74. The maximum atomic E-state index is 12.5. The molecule has 4 heteroatoms. The highest BCUT2D eigenvalue weighted by Gasteiger charge is 2.20. The zero-order chi connectivity index (χ0) is 17.9. The van der Waals surface area contributed by atoms with Gasteiger partial charge in [-0.1, -0.05) is 24.3 Å². The Morgan fingerprint density at radius 3 is 2.73 bits per heavy atom. The van der Waals surface area contributed by atoms with Gasteiger partial charge in [0.1, 0.15) is 0 Å². The molecule has 0 saturated carbocycles. The molecule has 1 aliphatic heterocycles. The van der Waals surface area contributed by atoms with E-state index >= 15 is 0 Å². The number of hydrogen-bond donors (Lipinski definition) is 1. The van der Waals surface area contributed by atoms with E-state index in [9.17, 15) is 4.79 Å². The number of fused-ring (bicyclic) bond motifs is 1. The number of anilines is 1. The lowest BCUT2D eigenvalue weighted by molar-refractivity contribution is 0.0950. The van der Waals surface area contributed by atoms with Gasteiger partial charge >= 0.3 is 0 Å². The Morgan fingerprint density at radius 2 is 1.96 bits per heavy atom. The molecule has 1 heterocycles. The fraction of sp³-hybridized carbons (Fsp3) is 0.364. The van der Waals surface area contributed by atoms with Crippen LogP contribution in [0.15, 0.2) is 53.6 Å². The van der Waals surface area contributed by atoms with Crippen molar-refractivity contribution in [2.24, 2.45) is 5.10 Å². The summed E-state index contributed by atoms with van der Waals surface area (Å²) in [6.45, 7) is 3.66. The first-order chi connectivity index (χ1) is 12.7. The molecular weight excluding hydrogens is 322 g/mol. The number of hydrogen-bond acceptors (Lipinski definition) is 3. The van der Waals surface area contributed by atoms with Gasteiger partial charge in [0.15, 0.2) is 0 Å². The van der Waals surface area contributed by atoms with Crippen LogP contribution in [0, 0.1) is 0 Å². The van der Waals surface area contributed by atoms with Gasteiger partial charge in [0.05, 0.1) is 5.69 Å². The van der Waals surface area contributed by atoms with Gasteiger partial charge in [-0.15, -0.1) is 0 Å². The van der Waals surface area contributed by atoms with E-state index in [-0.39, 0.29) is 5.91 Å². The standard InChI is InChI=1S/C22H25N3O/c1-16-13-14-25(24-16)20-11-9-18(10-12-20)22(26)23-15-19-7-4-6-17-5-2-3-8-21(17)19/h2-3,5,8-12,19H,4,6-7,13-15H2,1H3,(H,23,26). The Hall–Kier alpha value is -2.62. The smallest absolute Gasteiger partial charge is 0.251 e. The van der Waals surface area contributed by atoms with Crippen LogP contribution in [0.4, 0.5) is 5.69 Å². The minimum Gasteiger partial charge on any atom is -0.351 e. The normalized spacial score (nSPS) is 19.0. The average Bonchev–Trinajstić information content (AvgIpc) is 3.12. The molecule has 1 aliphatic carbocycles. The second-order valence-electron chi connectivity index (χ2n) is 7.25. The highest BCUT2D eigenvalue weighted by Crippen LogP contribution is 2.30. The van der Waals surface area contributed by atoms with Crippen LogP contribution in [0.25, 0.3) is 0 Å². The van der Waals surface area contributed by atoms with Crippen LogP contribution in [-0.2, 0) is 6.42 Å². The first-order valence-corrected chi connectivity index (χ1v) is 9.48. The van der Waals surface area contributed by atoms with E-state index in [1.54, 1.807) is 0 Å². The lowest BCUT2D eigenvalue weighted by Gasteiger charge is -2.25. The van der Waals surface area contributed by atoms with Crippen molar-refractivity contribution >= 4 is 17.3 Å². The molecule has 0 radical (unpaired) electrons. The number of carbonyl (C=O) groups excluding carboxylic acids is 1. The molecule has 4 nitrogen and oxygen atoms in total. The number of aryl methyl sites for hydroxylation is 1. The lowest BCUT2D eigenvalue weighted by Crippen LogP contribution is -2.30. The third-order valence-corrected chi connectivity index (χ3v) is 5.41. The van der Waals surface area contributed by atoms with Gasteiger partial charge in [-0.3, -0.25) is 9.80 Å². The molecule has 134 valence electrons. The van der Waals surface area contributed by atoms with Crippen molar-refractivity contribution in [3.63, 3.8) is 0 Å². The van der Waals surface area contributed by atoms with E-state index in [0.717, 1.165) is 37.2 Å². The Bertz CT molecular complexity index is 826. The zero-order valence-corrected chi connectivity index (χ0v) is 15.2. The van der Waals surface area contributed by atoms with Gasteiger partial charge in [-0.2, -0.15) is 5.10 Å². The zero-order valence-electron chi connectivity index (χ0n) is 15.2. The molecule has 0 aromatic heterocycles. The average molecular weight is 347 g/mol. The van der Waals surface area contributed by atoms with Gasteiger partial charge in [0.25, 0.3) is 5.91 Å². The molecule has 2 aromatic carbocycles. The van der Waals surface area contributed by atoms with Gasteiger partial charge in [-0.05, 0) is 61.6 Å². The number of benzene rings is 2. The highest BCUT2D eigenvalue weighted by molar-refractivity contribution is 5.94. The highest BCUT2D eigenvalue weighted by atomic mass is 16.1. The first-order valence-electron chi connectivity index (χ1n) is 9.48. The quantitative estimate of drug-likeness (QED) is 0.904. The fourth-order valence-corrected chi connectivity index (χ4v) is 3.93. The molecular formula is C22H25N3O. The van der Waals surface area contributed by atoms with Gasteiger partial charge < -0.3 is 5.32 Å². The molecule has 0 bridgehead atoms. The van der Waals surface area contributed by atoms with Gasteiger partial charge in [-0.25, -0.2) is 0 Å². The van der Waals surface area contributed by atoms with Crippen molar-refractivity contribution < 1.29 is 4.79 Å². The molecule has 1 unspecified atom stereocenters. The van der Waals surface area contributed by atoms with Crippen LogP contribution in [-0.4, -0.2) is 24.7 Å². The molecule has 1 N–H and O–H groups in total. The number of nitrogens with zero attached hydrogens (tertiary/aromatic N) is 2. The summed E-state index contributed by atoms with van der Waals surface area (Å²) in [4.78, 5) is 12.5. The van der Waals surface area contributed by atoms with Crippen LogP contribution < -0.4 is 10.3 Å². The number of nitrogens with one attached hydrogen (secondary N) is 1. The second kappa shape index (κ2) is 7.32. The van der Waals surface area contributed by atoms with Crippen LogP contribution >= 0.6 is 0 Å². The van der Waals surface area contributed by atoms with Crippen LogP contribution in [0.1, 0.15) is 53.6 Å². The third-order valence-electron chi connectivity index (χ3n) is 5.41. The number of amides is 1. The summed E-state index contributed by atoms with van der Waals surface area (Å²) in [5.41, 5.74) is 5.73. The number of rotatable bonds is 4. The van der Waals surface area contributed by atoms with E-state index in [1.165, 1.54) is 17.5 Å². The number of carbonyl (C=O) groups is 1. The molecule has 26 heavy (non-hydrogen) atoms. The minimum atomic E-state index is 0.000656.